The van der Waals surface area contributed by atoms with Crippen molar-refractivity contribution in [2.45, 2.75) is 19.3 Å². The first-order valence-corrected chi connectivity index (χ1v) is 1.82. The Bertz CT molecular complexity index is 13.5. The van der Waals surface area contributed by atoms with Gasteiger partial charge >= 0.3 is 0 Å². The van der Waals surface area contributed by atoms with Crippen molar-refractivity contribution in [1.29, 1.82) is 0 Å². The van der Waals surface area contributed by atoms with Crippen LogP contribution in [0.15, 0.2) is 0 Å². The molecule has 6 heavy (non-hydrogen) atoms. The molecule has 1 aliphatic carbocycles. The van der Waals surface area contributed by atoms with Gasteiger partial charge in [0.25, 0.3) is 0 Å². The minimum atomic E-state index is 0. The molecule has 1 aliphatic rings. The first-order valence-electron chi connectivity index (χ1n) is 1.82. The Kier molecular flexibility index (Phi) is 11.0. The van der Waals surface area contributed by atoms with Crippen molar-refractivity contribution < 1.29 is 42.1 Å². The Labute approximate surface area is 67.6 Å². The molecule has 2 heteroatoms. The maximum Gasteiger partial charge on any atom is 0 e. The second-order valence-corrected chi connectivity index (χ2v) is 1.22. The maximum atomic E-state index is 2.31. The van der Waals surface area contributed by atoms with E-state index in [2.05, 4.69) is 6.42 Å². The van der Waals surface area contributed by atoms with Gasteiger partial charge in [-0.1, -0.05) is 0 Å². The van der Waals surface area contributed by atoms with E-state index in [0.717, 1.165) is 0 Å². The molecule has 1 saturated carbocycles. The molecule has 0 N–H and O–H groups in total. The van der Waals surface area contributed by atoms with Crippen molar-refractivity contribution >= 4 is 0 Å². The zero-order chi connectivity index (χ0) is 2.83. The molecule has 0 radical (unpaired) electrons. The van der Waals surface area contributed by atoms with Crippen LogP contribution in [-0.2, 0) is 42.1 Å². The molecule has 0 aromatic heterocycles. The third-order valence-electron chi connectivity index (χ3n) is 0.816. The standard InChI is InChI=1S/C4H7.2Pt/c1-2-4-3-1;;/h1H,2-4H2;;/q-1;;. The van der Waals surface area contributed by atoms with Crippen LogP contribution in [0.25, 0.3) is 0 Å². The van der Waals surface area contributed by atoms with E-state index >= 15 is 0 Å². The van der Waals surface area contributed by atoms with Crippen molar-refractivity contribution in [3.63, 3.8) is 0 Å². The van der Waals surface area contributed by atoms with Gasteiger partial charge in [-0.3, -0.25) is 0 Å². The van der Waals surface area contributed by atoms with Gasteiger partial charge < -0.3 is 6.42 Å². The zero-order valence-electron chi connectivity index (χ0n) is 3.33. The van der Waals surface area contributed by atoms with Crippen LogP contribution in [0.1, 0.15) is 19.3 Å². The summed E-state index contributed by atoms with van der Waals surface area (Å²) >= 11 is 0. The number of hydrogen-bond acceptors (Lipinski definition) is 0. The third kappa shape index (κ3) is 3.56. The fraction of sp³-hybridized carbons (Fsp3) is 0.750. The van der Waals surface area contributed by atoms with Crippen LogP contribution in [0.5, 0.6) is 0 Å². The average Bonchev–Trinajstić information content (AvgIpc) is 0.722. The second kappa shape index (κ2) is 6.38. The SMILES string of the molecule is [CH-]1CCC1.[Pt].[Pt]. The average molecular weight is 445 g/mol. The van der Waals surface area contributed by atoms with Crippen molar-refractivity contribution in [2.24, 2.45) is 0 Å². The Morgan fingerprint density at radius 1 is 1.00 bits per heavy atom. The molecule has 0 atom stereocenters. The van der Waals surface area contributed by atoms with Gasteiger partial charge in [-0.2, -0.15) is 12.8 Å². The molecule has 0 amide bonds. The summed E-state index contributed by atoms with van der Waals surface area (Å²) in [5, 5.41) is 0. The van der Waals surface area contributed by atoms with Gasteiger partial charge in [0.1, 0.15) is 0 Å². The Morgan fingerprint density at radius 3 is 1.17 bits per heavy atom. The van der Waals surface area contributed by atoms with E-state index in [-0.39, 0.29) is 42.1 Å². The minimum Gasteiger partial charge on any atom is -0.329 e. The molecule has 0 saturated heterocycles. The summed E-state index contributed by atoms with van der Waals surface area (Å²) in [6.07, 6.45) is 6.50. The molecule has 0 aliphatic heterocycles. The van der Waals surface area contributed by atoms with Crippen LogP contribution in [0.2, 0.25) is 0 Å². The molecule has 0 nitrogen and oxygen atoms in total. The predicted octanol–water partition coefficient (Wildman–Crippen LogP) is 1.37. The Balaban J connectivity index is 0. The Morgan fingerprint density at radius 2 is 1.17 bits per heavy atom. The van der Waals surface area contributed by atoms with E-state index in [0.29, 0.717) is 0 Å². The summed E-state index contributed by atoms with van der Waals surface area (Å²) in [4.78, 5) is 0. The van der Waals surface area contributed by atoms with Gasteiger partial charge in [0.05, 0.1) is 0 Å². The fourth-order valence-electron chi connectivity index (χ4n) is 0.204. The molecule has 0 bridgehead atoms. The molecule has 1 fully saturated rings. The van der Waals surface area contributed by atoms with Crippen molar-refractivity contribution in [1.82, 2.24) is 0 Å². The topological polar surface area (TPSA) is 0 Å². The zero-order valence-corrected chi connectivity index (χ0v) is 7.88. The van der Waals surface area contributed by atoms with E-state index in [1.165, 1.54) is 19.3 Å². The summed E-state index contributed by atoms with van der Waals surface area (Å²) in [6, 6.07) is 0. The number of hydrogen-bond donors (Lipinski definition) is 0. The van der Waals surface area contributed by atoms with E-state index in [9.17, 15) is 0 Å². The molecule has 44 valence electrons. The van der Waals surface area contributed by atoms with Crippen LogP contribution in [0.3, 0.4) is 0 Å². The van der Waals surface area contributed by atoms with E-state index in [1.807, 2.05) is 0 Å². The van der Waals surface area contributed by atoms with E-state index < -0.39 is 0 Å². The van der Waals surface area contributed by atoms with Crippen LogP contribution in [-0.4, -0.2) is 0 Å². The monoisotopic (exact) mass is 445 g/mol. The maximum absolute atomic E-state index is 2.31. The molecule has 1 rings (SSSR count). The molecule has 0 aromatic carbocycles. The first kappa shape index (κ1) is 10.4. The summed E-state index contributed by atoms with van der Waals surface area (Å²) in [5.41, 5.74) is 0. The van der Waals surface area contributed by atoms with Crippen molar-refractivity contribution in [2.75, 3.05) is 0 Å². The van der Waals surface area contributed by atoms with Gasteiger partial charge in [-0.15, -0.1) is 6.42 Å². The summed E-state index contributed by atoms with van der Waals surface area (Å²) < 4.78 is 0. The summed E-state index contributed by atoms with van der Waals surface area (Å²) in [5.74, 6) is 0. The largest absolute Gasteiger partial charge is 0.329 e. The molecular formula is C4H7Pt2-. The first-order chi connectivity index (χ1) is 2.00. The quantitative estimate of drug-likeness (QED) is 0.495. The van der Waals surface area contributed by atoms with Crippen LogP contribution in [0, 0.1) is 6.42 Å². The Hall–Kier alpha value is 1.38. The van der Waals surface area contributed by atoms with Gasteiger partial charge in [0.15, 0.2) is 0 Å². The molecule has 0 spiro atoms. The van der Waals surface area contributed by atoms with Gasteiger partial charge in [0.2, 0.25) is 0 Å². The minimum absolute atomic E-state index is 0. The van der Waals surface area contributed by atoms with Crippen molar-refractivity contribution in [3.8, 4) is 0 Å². The summed E-state index contributed by atoms with van der Waals surface area (Å²) in [6.45, 7) is 0. The van der Waals surface area contributed by atoms with Crippen LogP contribution in [0.4, 0.5) is 0 Å². The van der Waals surface area contributed by atoms with E-state index in [4.69, 9.17) is 0 Å². The van der Waals surface area contributed by atoms with Gasteiger partial charge in [-0.25, -0.2) is 0 Å². The van der Waals surface area contributed by atoms with Gasteiger partial charge in [-0.05, 0) is 0 Å². The molecule has 0 heterocycles. The van der Waals surface area contributed by atoms with E-state index in [1.54, 1.807) is 0 Å². The fourth-order valence-corrected chi connectivity index (χ4v) is 0.204. The summed E-state index contributed by atoms with van der Waals surface area (Å²) in [7, 11) is 0. The molecule has 0 aromatic rings. The number of rotatable bonds is 0. The smallest absolute Gasteiger partial charge is 0 e. The van der Waals surface area contributed by atoms with Crippen molar-refractivity contribution in [3.05, 3.63) is 6.42 Å². The predicted molar refractivity (Wildman–Crippen MR) is 18.2 cm³/mol. The molecule has 0 unspecified atom stereocenters. The normalized spacial score (nSPS) is 16.0. The van der Waals surface area contributed by atoms with Crippen LogP contribution >= 0.6 is 0 Å². The van der Waals surface area contributed by atoms with Crippen LogP contribution < -0.4 is 0 Å². The second-order valence-electron chi connectivity index (χ2n) is 1.22. The third-order valence-corrected chi connectivity index (χ3v) is 0.816. The molecular weight excluding hydrogens is 438 g/mol. The van der Waals surface area contributed by atoms with Gasteiger partial charge in [0, 0.05) is 42.1 Å².